The molecule has 5 N–H and O–H groups in total. The summed E-state index contributed by atoms with van der Waals surface area (Å²) in [5.41, 5.74) is 1.02. The molecule has 0 radical (unpaired) electrons. The number of piperidine rings is 1. The third-order valence-corrected chi connectivity index (χ3v) is 11.6. The van der Waals surface area contributed by atoms with Gasteiger partial charge in [-0.25, -0.2) is 0 Å². The number of nitrogens with one attached hydrogen (secondary N) is 5. The maximum Gasteiger partial charge on any atom is 0.289 e. The number of hydrogen-bond donors (Lipinski definition) is 5. The second kappa shape index (κ2) is 15.9. The standard InChI is InChI=1S/C39H58N6O7/c1-8-12-27(32(47)37(51)41-25-16-17-25)42-36(50)31-24-15-18-26(19-24)45(31)38(52)33(39(5,6)7)44-35(49)30(23-13-10-9-11-14-23)43-34(48)29-20(2)28(22(4)46)21(3)40-29/h23-27,30-31,33,40H,8-19H2,1-7H3,(H,41,51)(H,42,50)(H,43,48)(H,44,49). The zero-order valence-corrected chi connectivity index (χ0v) is 31.9. The predicted octanol–water partition coefficient (Wildman–Crippen LogP) is 3.56. The maximum atomic E-state index is 14.7. The Hall–Kier alpha value is -4.03. The number of likely N-dealkylation sites (tertiary alicyclic amines) is 1. The van der Waals surface area contributed by atoms with Gasteiger partial charge in [-0.05, 0) is 95.0 Å². The van der Waals surface area contributed by atoms with Crippen LogP contribution in [0.25, 0.3) is 0 Å². The molecule has 2 bridgehead atoms. The number of aromatic amines is 1. The van der Waals surface area contributed by atoms with Gasteiger partial charge < -0.3 is 31.2 Å². The number of H-pyrrole nitrogens is 1. The highest BCUT2D eigenvalue weighted by Crippen LogP contribution is 2.44. The summed E-state index contributed by atoms with van der Waals surface area (Å²) in [6.07, 6.45) is 9.00. The van der Waals surface area contributed by atoms with Crippen LogP contribution in [0, 0.1) is 31.1 Å². The van der Waals surface area contributed by atoms with E-state index in [0.29, 0.717) is 36.1 Å². The minimum Gasteiger partial charge on any atom is -0.354 e. The number of nitrogens with zero attached hydrogens (tertiary/aromatic N) is 1. The second-order valence-electron chi connectivity index (χ2n) is 16.7. The fourth-order valence-corrected chi connectivity index (χ4v) is 8.71. The Morgan fingerprint density at radius 1 is 0.885 bits per heavy atom. The van der Waals surface area contributed by atoms with E-state index in [-0.39, 0.29) is 41.3 Å². The predicted molar refractivity (Wildman–Crippen MR) is 194 cm³/mol. The summed E-state index contributed by atoms with van der Waals surface area (Å²) in [7, 11) is 0. The number of amides is 5. The molecule has 6 atom stereocenters. The molecule has 4 aliphatic rings. The fourth-order valence-electron chi connectivity index (χ4n) is 8.71. The summed E-state index contributed by atoms with van der Waals surface area (Å²) >= 11 is 0. The molecule has 52 heavy (non-hydrogen) atoms. The van der Waals surface area contributed by atoms with E-state index in [1.165, 1.54) is 6.92 Å². The normalized spacial score (nSPS) is 23.4. The first-order chi connectivity index (χ1) is 24.5. The lowest BCUT2D eigenvalue weighted by molar-refractivity contribution is -0.149. The molecule has 1 aromatic heterocycles. The molecule has 5 amide bonds. The summed E-state index contributed by atoms with van der Waals surface area (Å²) in [4.78, 5) is 99.4. The van der Waals surface area contributed by atoms with Crippen molar-refractivity contribution in [2.45, 2.75) is 162 Å². The quantitative estimate of drug-likeness (QED) is 0.144. The summed E-state index contributed by atoms with van der Waals surface area (Å²) in [6.45, 7) is 12.3. The molecule has 13 nitrogen and oxygen atoms in total. The first kappa shape index (κ1) is 39.2. The zero-order valence-electron chi connectivity index (χ0n) is 31.9. The molecule has 1 aliphatic heterocycles. The lowest BCUT2D eigenvalue weighted by Gasteiger charge is -2.41. The number of carbonyl (C=O) groups excluding carboxylic acids is 7. The highest BCUT2D eigenvalue weighted by atomic mass is 16.2. The number of carbonyl (C=O) groups is 7. The minimum atomic E-state index is -1.02. The number of Topliss-reactive ketones (excluding diaryl/α,β-unsaturated/α-hetero) is 2. The van der Waals surface area contributed by atoms with Crippen molar-refractivity contribution in [3.05, 3.63) is 22.5 Å². The van der Waals surface area contributed by atoms with Crippen LogP contribution < -0.4 is 21.3 Å². The van der Waals surface area contributed by atoms with Gasteiger partial charge in [-0.1, -0.05) is 53.4 Å². The van der Waals surface area contributed by atoms with Crippen LogP contribution >= 0.6 is 0 Å². The van der Waals surface area contributed by atoms with Gasteiger partial charge in [0.2, 0.25) is 23.5 Å². The highest BCUT2D eigenvalue weighted by Gasteiger charge is 2.54. The van der Waals surface area contributed by atoms with E-state index < -0.39 is 59.0 Å². The second-order valence-corrected chi connectivity index (χ2v) is 16.7. The molecule has 3 aliphatic carbocycles. The lowest BCUT2D eigenvalue weighted by Crippen LogP contribution is -2.64. The largest absolute Gasteiger partial charge is 0.354 e. The smallest absolute Gasteiger partial charge is 0.289 e. The van der Waals surface area contributed by atoms with Crippen molar-refractivity contribution in [1.29, 1.82) is 0 Å². The van der Waals surface area contributed by atoms with Gasteiger partial charge in [0, 0.05) is 23.3 Å². The van der Waals surface area contributed by atoms with Crippen molar-refractivity contribution >= 4 is 41.1 Å². The summed E-state index contributed by atoms with van der Waals surface area (Å²) in [5.74, 6) is -3.59. The van der Waals surface area contributed by atoms with Gasteiger partial charge in [0.05, 0.1) is 6.04 Å². The Morgan fingerprint density at radius 3 is 2.13 bits per heavy atom. The van der Waals surface area contributed by atoms with E-state index in [4.69, 9.17) is 0 Å². The molecular weight excluding hydrogens is 664 g/mol. The number of aryl methyl sites for hydroxylation is 1. The van der Waals surface area contributed by atoms with Crippen molar-refractivity contribution in [1.82, 2.24) is 31.2 Å². The topological polar surface area (TPSA) is 187 Å². The molecule has 0 spiro atoms. The maximum absolute atomic E-state index is 14.7. The molecule has 3 saturated carbocycles. The Bertz CT molecular complexity index is 1580. The van der Waals surface area contributed by atoms with Gasteiger partial charge in [-0.2, -0.15) is 0 Å². The number of hydrogen-bond acceptors (Lipinski definition) is 7. The molecule has 5 rings (SSSR count). The molecule has 2 heterocycles. The molecule has 1 saturated heterocycles. The molecule has 0 aromatic carbocycles. The van der Waals surface area contributed by atoms with Crippen molar-refractivity contribution in [2.24, 2.45) is 17.3 Å². The third-order valence-electron chi connectivity index (χ3n) is 11.6. The van der Waals surface area contributed by atoms with Gasteiger partial charge in [-0.3, -0.25) is 33.6 Å². The van der Waals surface area contributed by atoms with Gasteiger partial charge in [0.25, 0.3) is 11.8 Å². The van der Waals surface area contributed by atoms with E-state index in [0.717, 1.165) is 57.8 Å². The van der Waals surface area contributed by atoms with Gasteiger partial charge >= 0.3 is 0 Å². The minimum absolute atomic E-state index is 0.00468. The van der Waals surface area contributed by atoms with Gasteiger partial charge in [0.15, 0.2) is 5.78 Å². The molecule has 6 unspecified atom stereocenters. The lowest BCUT2D eigenvalue weighted by atomic mass is 9.81. The Kier molecular flexibility index (Phi) is 12.0. The van der Waals surface area contributed by atoms with Crippen LogP contribution in [-0.2, 0) is 24.0 Å². The van der Waals surface area contributed by atoms with Crippen molar-refractivity contribution in [3.8, 4) is 0 Å². The van der Waals surface area contributed by atoms with E-state index >= 15 is 0 Å². The average Bonchev–Trinajstić information content (AvgIpc) is 3.51. The Labute approximate surface area is 306 Å². The van der Waals surface area contributed by atoms with Crippen LogP contribution in [0.1, 0.15) is 144 Å². The third kappa shape index (κ3) is 8.44. The fraction of sp³-hybridized carbons (Fsp3) is 0.718. The highest BCUT2D eigenvalue weighted by molar-refractivity contribution is 6.38. The SMILES string of the molecule is CCCC(NC(=O)C1C2CCC(C2)N1C(=O)C(NC(=O)C(NC(=O)c1[nH]c(C)c(C(C)=O)c1C)C1CCCCC1)C(C)(C)C)C(=O)C(=O)NC1CC1. The van der Waals surface area contributed by atoms with E-state index in [1.807, 2.05) is 27.7 Å². The molecule has 286 valence electrons. The van der Waals surface area contributed by atoms with Crippen molar-refractivity contribution < 1.29 is 33.6 Å². The first-order valence-corrected chi connectivity index (χ1v) is 19.3. The summed E-state index contributed by atoms with van der Waals surface area (Å²) < 4.78 is 0. The summed E-state index contributed by atoms with van der Waals surface area (Å²) in [5, 5.41) is 11.5. The van der Waals surface area contributed by atoms with Gasteiger partial charge in [-0.15, -0.1) is 0 Å². The van der Waals surface area contributed by atoms with Crippen LogP contribution in [0.2, 0.25) is 0 Å². The van der Waals surface area contributed by atoms with Crippen LogP contribution in [0.15, 0.2) is 0 Å². The number of ketones is 2. The van der Waals surface area contributed by atoms with Gasteiger partial charge in [0.1, 0.15) is 23.8 Å². The van der Waals surface area contributed by atoms with Crippen molar-refractivity contribution in [2.75, 3.05) is 0 Å². The molecular formula is C39H58N6O7. The Morgan fingerprint density at radius 2 is 1.56 bits per heavy atom. The number of fused-ring (bicyclic) bond motifs is 2. The van der Waals surface area contributed by atoms with Crippen molar-refractivity contribution in [3.63, 3.8) is 0 Å². The molecule has 13 heteroatoms. The Balaban J connectivity index is 1.37. The van der Waals surface area contributed by atoms with Crippen LogP contribution in [0.4, 0.5) is 0 Å². The number of rotatable bonds is 14. The zero-order chi connectivity index (χ0) is 38.1. The van der Waals surface area contributed by atoms with Crippen LogP contribution in [0.3, 0.4) is 0 Å². The van der Waals surface area contributed by atoms with E-state index in [2.05, 4.69) is 26.3 Å². The molecule has 1 aromatic rings. The van der Waals surface area contributed by atoms with E-state index in [9.17, 15) is 33.6 Å². The van der Waals surface area contributed by atoms with Crippen LogP contribution in [0.5, 0.6) is 0 Å². The first-order valence-electron chi connectivity index (χ1n) is 19.3. The molecule has 4 fully saturated rings. The monoisotopic (exact) mass is 722 g/mol. The average molecular weight is 723 g/mol. The summed E-state index contributed by atoms with van der Waals surface area (Å²) in [6, 6.07) is -3.97. The van der Waals surface area contributed by atoms with E-state index in [1.54, 1.807) is 18.7 Å². The number of aromatic nitrogens is 1. The van der Waals surface area contributed by atoms with Crippen LogP contribution in [-0.4, -0.2) is 87.2 Å².